The number of rotatable bonds is 7. The average Bonchev–Trinajstić information content (AvgIpc) is 3.05. The highest BCUT2D eigenvalue weighted by molar-refractivity contribution is 7.91. The lowest BCUT2D eigenvalue weighted by atomic mass is 10.2. The Morgan fingerprint density at radius 2 is 1.90 bits per heavy atom. The molecule has 1 aliphatic heterocycles. The van der Waals surface area contributed by atoms with Crippen molar-refractivity contribution in [3.63, 3.8) is 0 Å². The molecular weight excluding hydrogens is 452 g/mol. The van der Waals surface area contributed by atoms with Gasteiger partial charge in [0.25, 0.3) is 5.91 Å². The van der Waals surface area contributed by atoms with Crippen molar-refractivity contribution in [2.24, 2.45) is 0 Å². The fourth-order valence-electron chi connectivity index (χ4n) is 3.06. The predicted molar refractivity (Wildman–Crippen MR) is 113 cm³/mol. The first-order valence-corrected chi connectivity index (χ1v) is 12.7. The van der Waals surface area contributed by atoms with Crippen LogP contribution in [0.3, 0.4) is 0 Å². The van der Waals surface area contributed by atoms with Crippen molar-refractivity contribution in [3.05, 3.63) is 58.6 Å². The Kier molecular flexibility index (Phi) is 6.71. The van der Waals surface area contributed by atoms with Crippen molar-refractivity contribution in [1.82, 2.24) is 10.0 Å². The van der Waals surface area contributed by atoms with Crippen LogP contribution in [0.5, 0.6) is 5.75 Å². The number of amides is 1. The zero-order chi connectivity index (χ0) is 21.9. The fourth-order valence-corrected chi connectivity index (χ4v) is 6.07. The van der Waals surface area contributed by atoms with E-state index in [1.54, 1.807) is 24.3 Å². The minimum Gasteiger partial charge on any atom is -0.495 e. The summed E-state index contributed by atoms with van der Waals surface area (Å²) in [4.78, 5) is 12.3. The van der Waals surface area contributed by atoms with Gasteiger partial charge in [0.2, 0.25) is 10.0 Å². The summed E-state index contributed by atoms with van der Waals surface area (Å²) in [7, 11) is -5.82. The van der Waals surface area contributed by atoms with Gasteiger partial charge in [-0.2, -0.15) is 0 Å². The van der Waals surface area contributed by atoms with Gasteiger partial charge in [-0.25, -0.2) is 21.6 Å². The van der Waals surface area contributed by atoms with Crippen molar-refractivity contribution in [2.45, 2.75) is 23.9 Å². The standard InChI is InChI=1S/C19H21ClN2O6S2/c1-28-17-7-4-14(19(23)22-16-8-9-29(24,25)12-16)10-18(17)30(26,27)21-11-13-2-5-15(20)6-3-13/h2-7,10,16,21H,8-9,11-12H2,1H3,(H,22,23). The third-order valence-corrected chi connectivity index (χ3v) is 8.10. The van der Waals surface area contributed by atoms with E-state index < -0.39 is 31.8 Å². The first kappa shape index (κ1) is 22.5. The summed E-state index contributed by atoms with van der Waals surface area (Å²) in [6.45, 7) is 0.0268. The van der Waals surface area contributed by atoms with Gasteiger partial charge in [-0.15, -0.1) is 0 Å². The minimum atomic E-state index is -4.00. The molecule has 1 heterocycles. The largest absolute Gasteiger partial charge is 0.495 e. The monoisotopic (exact) mass is 472 g/mol. The molecular formula is C19H21ClN2O6S2. The molecule has 2 aromatic carbocycles. The van der Waals surface area contributed by atoms with E-state index in [0.717, 1.165) is 0 Å². The summed E-state index contributed by atoms with van der Waals surface area (Å²) >= 11 is 5.83. The number of ether oxygens (including phenoxy) is 1. The lowest BCUT2D eigenvalue weighted by Gasteiger charge is -2.14. The average molecular weight is 473 g/mol. The van der Waals surface area contributed by atoms with E-state index in [-0.39, 0.29) is 34.3 Å². The van der Waals surface area contributed by atoms with Crippen LogP contribution in [0.2, 0.25) is 5.02 Å². The molecule has 1 aliphatic rings. The minimum absolute atomic E-state index is 0.0226. The summed E-state index contributed by atoms with van der Waals surface area (Å²) < 4.78 is 56.4. The molecule has 0 spiro atoms. The van der Waals surface area contributed by atoms with Crippen molar-refractivity contribution in [2.75, 3.05) is 18.6 Å². The Hall–Kier alpha value is -2.14. The number of sulfonamides is 1. The number of sulfone groups is 1. The first-order valence-electron chi connectivity index (χ1n) is 9.03. The SMILES string of the molecule is COc1ccc(C(=O)NC2CCS(=O)(=O)C2)cc1S(=O)(=O)NCc1ccc(Cl)cc1. The molecule has 0 aromatic heterocycles. The third kappa shape index (κ3) is 5.51. The second-order valence-electron chi connectivity index (χ2n) is 6.89. The van der Waals surface area contributed by atoms with Gasteiger partial charge in [0.1, 0.15) is 10.6 Å². The number of hydrogen-bond donors (Lipinski definition) is 2. The Labute approximate surface area is 180 Å². The van der Waals surface area contributed by atoms with E-state index in [4.69, 9.17) is 16.3 Å². The van der Waals surface area contributed by atoms with E-state index in [1.165, 1.54) is 25.3 Å². The molecule has 0 bridgehead atoms. The molecule has 3 rings (SSSR count). The predicted octanol–water partition coefficient (Wildman–Crippen LogP) is 1.74. The number of halogens is 1. The first-order chi connectivity index (χ1) is 14.1. The third-order valence-electron chi connectivity index (χ3n) is 4.66. The van der Waals surface area contributed by atoms with Gasteiger partial charge in [0.15, 0.2) is 9.84 Å². The number of carbonyl (C=O) groups is 1. The van der Waals surface area contributed by atoms with Gasteiger partial charge in [-0.3, -0.25) is 4.79 Å². The van der Waals surface area contributed by atoms with Gasteiger partial charge in [0, 0.05) is 23.2 Å². The molecule has 2 N–H and O–H groups in total. The van der Waals surface area contributed by atoms with Crippen LogP contribution in [0.15, 0.2) is 47.4 Å². The van der Waals surface area contributed by atoms with E-state index in [9.17, 15) is 21.6 Å². The highest BCUT2D eigenvalue weighted by atomic mass is 35.5. The molecule has 162 valence electrons. The molecule has 30 heavy (non-hydrogen) atoms. The lowest BCUT2D eigenvalue weighted by molar-refractivity contribution is 0.0941. The van der Waals surface area contributed by atoms with Gasteiger partial charge in [0.05, 0.1) is 18.6 Å². The molecule has 0 aliphatic carbocycles. The zero-order valence-corrected chi connectivity index (χ0v) is 18.5. The normalized spacial score (nSPS) is 18.1. The van der Waals surface area contributed by atoms with Crippen molar-refractivity contribution >= 4 is 37.4 Å². The molecule has 11 heteroatoms. The number of carbonyl (C=O) groups excluding carboxylic acids is 1. The molecule has 1 atom stereocenters. The summed E-state index contributed by atoms with van der Waals surface area (Å²) in [5.41, 5.74) is 0.797. The molecule has 0 radical (unpaired) electrons. The van der Waals surface area contributed by atoms with Crippen LogP contribution < -0.4 is 14.8 Å². The number of nitrogens with one attached hydrogen (secondary N) is 2. The topological polar surface area (TPSA) is 119 Å². The van der Waals surface area contributed by atoms with Gasteiger partial charge in [-0.05, 0) is 42.3 Å². The van der Waals surface area contributed by atoms with E-state index in [0.29, 0.717) is 17.0 Å². The van der Waals surface area contributed by atoms with Crippen LogP contribution in [0.25, 0.3) is 0 Å². The Balaban J connectivity index is 1.79. The van der Waals surface area contributed by atoms with Crippen molar-refractivity contribution in [3.8, 4) is 5.75 Å². The van der Waals surface area contributed by atoms with E-state index in [2.05, 4.69) is 10.0 Å². The van der Waals surface area contributed by atoms with Crippen LogP contribution >= 0.6 is 11.6 Å². The van der Waals surface area contributed by atoms with E-state index >= 15 is 0 Å². The molecule has 2 aromatic rings. The lowest BCUT2D eigenvalue weighted by Crippen LogP contribution is -2.35. The number of hydrogen-bond acceptors (Lipinski definition) is 6. The van der Waals surface area contributed by atoms with Crippen LogP contribution in [0.1, 0.15) is 22.3 Å². The van der Waals surface area contributed by atoms with Crippen LogP contribution in [0, 0.1) is 0 Å². The maximum atomic E-state index is 12.8. The van der Waals surface area contributed by atoms with Crippen LogP contribution in [0.4, 0.5) is 0 Å². The molecule has 1 unspecified atom stereocenters. The second kappa shape index (κ2) is 8.93. The van der Waals surface area contributed by atoms with Gasteiger partial charge < -0.3 is 10.1 Å². The van der Waals surface area contributed by atoms with E-state index in [1.807, 2.05) is 0 Å². The molecule has 1 amide bonds. The highest BCUT2D eigenvalue weighted by Gasteiger charge is 2.29. The summed E-state index contributed by atoms with van der Waals surface area (Å²) in [5.74, 6) is -0.565. The molecule has 1 saturated heterocycles. The zero-order valence-electron chi connectivity index (χ0n) is 16.1. The highest BCUT2D eigenvalue weighted by Crippen LogP contribution is 2.25. The molecule has 0 saturated carbocycles. The maximum Gasteiger partial charge on any atom is 0.251 e. The fraction of sp³-hybridized carbons (Fsp3) is 0.316. The van der Waals surface area contributed by atoms with Crippen LogP contribution in [-0.2, 0) is 26.4 Å². The summed E-state index contributed by atoms with van der Waals surface area (Å²) in [6.07, 6.45) is 0.331. The number of benzene rings is 2. The van der Waals surface area contributed by atoms with Gasteiger partial charge >= 0.3 is 0 Å². The molecule has 1 fully saturated rings. The summed E-state index contributed by atoms with van der Waals surface area (Å²) in [6, 6.07) is 10.2. The Morgan fingerprint density at radius 3 is 2.50 bits per heavy atom. The van der Waals surface area contributed by atoms with Crippen molar-refractivity contribution < 1.29 is 26.4 Å². The number of methoxy groups -OCH3 is 1. The Morgan fingerprint density at radius 1 is 1.20 bits per heavy atom. The van der Waals surface area contributed by atoms with Gasteiger partial charge in [-0.1, -0.05) is 23.7 Å². The smallest absolute Gasteiger partial charge is 0.251 e. The molecule has 8 nitrogen and oxygen atoms in total. The Bertz CT molecular complexity index is 1150. The van der Waals surface area contributed by atoms with Crippen molar-refractivity contribution in [1.29, 1.82) is 0 Å². The maximum absolute atomic E-state index is 12.8. The quantitative estimate of drug-likeness (QED) is 0.633. The second-order valence-corrected chi connectivity index (χ2v) is 11.3. The van der Waals surface area contributed by atoms with Crippen LogP contribution in [-0.4, -0.2) is 47.4 Å². The summed E-state index contributed by atoms with van der Waals surface area (Å²) in [5, 5.41) is 3.18.